The summed E-state index contributed by atoms with van der Waals surface area (Å²) in [7, 11) is 0. The quantitative estimate of drug-likeness (QED) is 0.638. The molecule has 40 valence electrons. The van der Waals surface area contributed by atoms with Crippen LogP contribution in [0.1, 0.15) is 0 Å². The van der Waals surface area contributed by atoms with Crippen molar-refractivity contribution >= 4 is 28.3 Å². The van der Waals surface area contributed by atoms with Crippen LogP contribution in [-0.2, 0) is 0 Å². The number of hydrogen-bond acceptors (Lipinski definition) is 2. The van der Waals surface area contributed by atoms with Crippen LogP contribution in [0.4, 0.5) is 0 Å². The molecule has 1 N–H and O–H groups in total. The summed E-state index contributed by atoms with van der Waals surface area (Å²) in [4.78, 5) is 12.5. The molecular formula is C3H4BrNOS. The molecule has 0 aliphatic carbocycles. The highest BCUT2D eigenvalue weighted by Crippen LogP contribution is 1.76. The highest BCUT2D eigenvalue weighted by Gasteiger charge is 1.72. The van der Waals surface area contributed by atoms with Crippen molar-refractivity contribution in [1.29, 1.82) is 0 Å². The van der Waals surface area contributed by atoms with Crippen LogP contribution in [0.3, 0.4) is 0 Å². The molecule has 0 saturated carbocycles. The highest BCUT2D eigenvalue weighted by atomic mass is 79.9. The molecule has 0 aliphatic heterocycles. The van der Waals surface area contributed by atoms with Crippen molar-refractivity contribution in [3.05, 3.63) is 21.2 Å². The van der Waals surface area contributed by atoms with Gasteiger partial charge in [-0.1, -0.05) is 11.3 Å². The summed E-state index contributed by atoms with van der Waals surface area (Å²) < 4.78 is 0. The van der Waals surface area contributed by atoms with E-state index in [2.05, 4.69) is 4.98 Å². The smallest absolute Gasteiger partial charge is 0.304 e. The van der Waals surface area contributed by atoms with Crippen molar-refractivity contribution in [2.45, 2.75) is 0 Å². The molecule has 0 fully saturated rings. The van der Waals surface area contributed by atoms with Gasteiger partial charge in [-0.25, -0.2) is 0 Å². The van der Waals surface area contributed by atoms with E-state index in [9.17, 15) is 4.79 Å². The van der Waals surface area contributed by atoms with E-state index >= 15 is 0 Å². The van der Waals surface area contributed by atoms with E-state index < -0.39 is 0 Å². The number of thiazole rings is 1. The molecule has 0 amide bonds. The van der Waals surface area contributed by atoms with Crippen LogP contribution in [0.25, 0.3) is 0 Å². The topological polar surface area (TPSA) is 32.9 Å². The van der Waals surface area contributed by atoms with E-state index in [4.69, 9.17) is 0 Å². The average Bonchev–Trinajstić information content (AvgIpc) is 1.86. The highest BCUT2D eigenvalue weighted by molar-refractivity contribution is 8.93. The molecule has 0 unspecified atom stereocenters. The van der Waals surface area contributed by atoms with Crippen molar-refractivity contribution in [1.82, 2.24) is 4.98 Å². The molecule has 4 heteroatoms. The minimum absolute atomic E-state index is 0. The maximum absolute atomic E-state index is 10.0. The van der Waals surface area contributed by atoms with Gasteiger partial charge in [0, 0.05) is 11.6 Å². The summed E-state index contributed by atoms with van der Waals surface area (Å²) in [5.74, 6) is 0. The number of nitrogens with one attached hydrogen (secondary N) is 1. The van der Waals surface area contributed by atoms with Crippen LogP contribution in [0.15, 0.2) is 16.4 Å². The fraction of sp³-hybridized carbons (Fsp3) is 0. The van der Waals surface area contributed by atoms with E-state index in [0.29, 0.717) is 0 Å². The van der Waals surface area contributed by atoms with E-state index in [1.807, 2.05) is 0 Å². The Balaban J connectivity index is 0.000000360. The first kappa shape index (κ1) is 6.91. The predicted octanol–water partition coefficient (Wildman–Crippen LogP) is 1.01. The molecule has 0 aromatic carbocycles. The molecule has 0 bridgehead atoms. The Morgan fingerprint density at radius 3 is 2.57 bits per heavy atom. The number of H-pyrrole nitrogens is 1. The molecule has 1 rings (SSSR count). The van der Waals surface area contributed by atoms with E-state index in [1.165, 1.54) is 11.3 Å². The van der Waals surface area contributed by atoms with E-state index in [1.54, 1.807) is 11.6 Å². The Labute approximate surface area is 55.0 Å². The first-order chi connectivity index (χ1) is 2.89. The van der Waals surface area contributed by atoms with Crippen LogP contribution in [0.5, 0.6) is 0 Å². The minimum Gasteiger partial charge on any atom is -0.319 e. The van der Waals surface area contributed by atoms with Gasteiger partial charge in [-0.3, -0.25) is 4.79 Å². The third-order valence-corrected chi connectivity index (χ3v) is 1.05. The molecule has 7 heavy (non-hydrogen) atoms. The normalized spacial score (nSPS) is 7.43. The van der Waals surface area contributed by atoms with Crippen molar-refractivity contribution < 1.29 is 0 Å². The van der Waals surface area contributed by atoms with Gasteiger partial charge in [0.25, 0.3) is 0 Å². The van der Waals surface area contributed by atoms with Gasteiger partial charge in [0.1, 0.15) is 0 Å². The third-order valence-electron chi connectivity index (χ3n) is 0.444. The summed E-state index contributed by atoms with van der Waals surface area (Å²) in [5.41, 5.74) is 0. The lowest BCUT2D eigenvalue weighted by atomic mass is 11.0. The second kappa shape index (κ2) is 2.98. The van der Waals surface area contributed by atoms with Crippen molar-refractivity contribution in [3.63, 3.8) is 0 Å². The Morgan fingerprint density at radius 1 is 1.71 bits per heavy atom. The first-order valence-electron chi connectivity index (χ1n) is 1.52. The second-order valence-corrected chi connectivity index (χ2v) is 1.73. The molecule has 1 heterocycles. The van der Waals surface area contributed by atoms with Crippen LogP contribution in [0, 0.1) is 0 Å². The number of halogens is 1. The molecule has 0 radical (unpaired) electrons. The number of hydrogen-bond donors (Lipinski definition) is 1. The molecule has 0 spiro atoms. The lowest BCUT2D eigenvalue weighted by Gasteiger charge is -1.49. The average molecular weight is 182 g/mol. The lowest BCUT2D eigenvalue weighted by Crippen LogP contribution is -1.87. The maximum Gasteiger partial charge on any atom is 0.304 e. The van der Waals surface area contributed by atoms with Crippen molar-refractivity contribution in [2.24, 2.45) is 0 Å². The molecule has 1 aromatic rings. The van der Waals surface area contributed by atoms with Crippen molar-refractivity contribution in [3.8, 4) is 0 Å². The summed E-state index contributed by atoms with van der Waals surface area (Å²) in [6.45, 7) is 0. The second-order valence-electron chi connectivity index (χ2n) is 0.852. The largest absolute Gasteiger partial charge is 0.319 e. The van der Waals surface area contributed by atoms with E-state index in [0.717, 1.165) is 0 Å². The zero-order chi connectivity index (χ0) is 4.41. The van der Waals surface area contributed by atoms with Gasteiger partial charge in [-0.15, -0.1) is 17.0 Å². The predicted molar refractivity (Wildman–Crippen MR) is 35.3 cm³/mol. The van der Waals surface area contributed by atoms with Gasteiger partial charge in [-0.05, 0) is 0 Å². The van der Waals surface area contributed by atoms with Crippen LogP contribution in [-0.4, -0.2) is 4.98 Å². The lowest BCUT2D eigenvalue weighted by molar-refractivity contribution is 1.35. The van der Waals surface area contributed by atoms with Gasteiger partial charge in [0.2, 0.25) is 0 Å². The minimum atomic E-state index is 0. The summed E-state index contributed by atoms with van der Waals surface area (Å²) in [5, 5.41) is 1.71. The Bertz CT molecular complexity index is 153. The summed E-state index contributed by atoms with van der Waals surface area (Å²) in [6.07, 6.45) is 1.62. The Morgan fingerprint density at radius 2 is 2.43 bits per heavy atom. The molecule has 1 aromatic heterocycles. The molecule has 2 nitrogen and oxygen atoms in total. The Hall–Kier alpha value is -0.0900. The number of rotatable bonds is 0. The van der Waals surface area contributed by atoms with Crippen LogP contribution < -0.4 is 4.87 Å². The third kappa shape index (κ3) is 1.89. The van der Waals surface area contributed by atoms with Crippen LogP contribution >= 0.6 is 28.3 Å². The van der Waals surface area contributed by atoms with Gasteiger partial charge < -0.3 is 4.98 Å². The zero-order valence-corrected chi connectivity index (χ0v) is 5.91. The van der Waals surface area contributed by atoms with Gasteiger partial charge in [0.15, 0.2) is 0 Å². The fourth-order valence-corrected chi connectivity index (χ4v) is 0.628. The zero-order valence-electron chi connectivity index (χ0n) is 3.38. The number of aromatic nitrogens is 1. The molecular weight excluding hydrogens is 178 g/mol. The molecule has 0 saturated heterocycles. The van der Waals surface area contributed by atoms with Gasteiger partial charge in [0.05, 0.1) is 0 Å². The molecule has 0 atom stereocenters. The fourth-order valence-electron chi connectivity index (χ4n) is 0.232. The van der Waals surface area contributed by atoms with Gasteiger partial charge in [-0.2, -0.15) is 0 Å². The SMILES string of the molecule is Br.O=c1[nH]ccs1. The van der Waals surface area contributed by atoms with E-state index in [-0.39, 0.29) is 21.9 Å². The summed E-state index contributed by atoms with van der Waals surface area (Å²) >= 11 is 1.17. The standard InChI is InChI=1S/C3H3NOS.BrH/c5-3-4-1-2-6-3;/h1-2H,(H,4,5);1H. The molecule has 0 aliphatic rings. The monoisotopic (exact) mass is 181 g/mol. The summed E-state index contributed by atoms with van der Waals surface area (Å²) in [6, 6.07) is 0. The number of aromatic amines is 1. The van der Waals surface area contributed by atoms with Crippen LogP contribution in [0.2, 0.25) is 0 Å². The first-order valence-corrected chi connectivity index (χ1v) is 2.40. The Kier molecular flexibility index (Phi) is 2.95. The van der Waals surface area contributed by atoms with Crippen molar-refractivity contribution in [2.75, 3.05) is 0 Å². The maximum atomic E-state index is 10.0. The van der Waals surface area contributed by atoms with Gasteiger partial charge >= 0.3 is 4.87 Å².